The highest BCUT2D eigenvalue weighted by molar-refractivity contribution is 6.05. The number of H-pyrrole nitrogens is 2. The molecular formula is C97H101N15O13. The minimum absolute atomic E-state index is 0.0833. The lowest BCUT2D eigenvalue weighted by Crippen LogP contribution is -2.57. The lowest BCUT2D eigenvalue weighted by molar-refractivity contribution is -0.153. The summed E-state index contributed by atoms with van der Waals surface area (Å²) in [7, 11) is 2.82. The minimum atomic E-state index is -1.64. The second-order valence-electron chi connectivity index (χ2n) is 30.5. The Morgan fingerprint density at radius 1 is 0.440 bits per heavy atom. The van der Waals surface area contributed by atoms with E-state index in [1.54, 1.807) is 103 Å². The Labute approximate surface area is 723 Å². The Hall–Kier alpha value is -14.8. The van der Waals surface area contributed by atoms with Gasteiger partial charge in [-0.05, 0) is 145 Å². The van der Waals surface area contributed by atoms with Crippen LogP contribution in [0.4, 0.5) is 15.3 Å². The van der Waals surface area contributed by atoms with Crippen LogP contribution < -0.4 is 43.0 Å². The molecule has 28 heteroatoms. The molecule has 2 aliphatic heterocycles. The number of fused-ring (bicyclic) bond motifs is 8. The topological polar surface area (TPSA) is 384 Å². The lowest BCUT2D eigenvalue weighted by atomic mass is 10.0. The van der Waals surface area contributed by atoms with Gasteiger partial charge in [0.05, 0.1) is 42.4 Å². The fraction of sp³-hybridized carbons (Fsp3) is 0.247. The Morgan fingerprint density at radius 3 is 1.36 bits per heavy atom. The summed E-state index contributed by atoms with van der Waals surface area (Å²) in [5, 5.41) is 18.7. The smallest absolute Gasteiger partial charge is 0.416 e. The highest BCUT2D eigenvalue weighted by Gasteiger charge is 2.37. The number of benzene rings is 7. The number of nitrogens with two attached hydrogens (primary N) is 1. The van der Waals surface area contributed by atoms with Crippen LogP contribution in [0, 0.1) is 5.92 Å². The molecule has 3 aromatic heterocycles. The molecule has 0 fully saturated rings. The summed E-state index contributed by atoms with van der Waals surface area (Å²) in [5.74, 6) is -7.49. The van der Waals surface area contributed by atoms with Gasteiger partial charge in [0.1, 0.15) is 37.9 Å². The quantitative estimate of drug-likeness (QED) is 0.0162. The van der Waals surface area contributed by atoms with Gasteiger partial charge in [-0.2, -0.15) is 0 Å². The molecule has 11 N–H and O–H groups in total. The zero-order chi connectivity index (χ0) is 88.1. The number of ether oxygens (including phenoxy) is 2. The van der Waals surface area contributed by atoms with E-state index in [2.05, 4.69) is 95.7 Å². The summed E-state index contributed by atoms with van der Waals surface area (Å²) < 4.78 is 10.9. The van der Waals surface area contributed by atoms with E-state index in [9.17, 15) is 52.7 Å². The van der Waals surface area contributed by atoms with Gasteiger partial charge in [-0.1, -0.05) is 208 Å². The Kier molecular flexibility index (Phi) is 31.6. The molecule has 2 aliphatic rings. The van der Waals surface area contributed by atoms with E-state index >= 15 is 0 Å². The van der Waals surface area contributed by atoms with E-state index in [4.69, 9.17) is 25.2 Å². The Morgan fingerprint density at radius 2 is 0.888 bits per heavy atom. The molecule has 10 aromatic rings. The average Bonchev–Trinajstić information content (AvgIpc) is 1.62. The zero-order valence-corrected chi connectivity index (χ0v) is 70.0. The van der Waals surface area contributed by atoms with Crippen molar-refractivity contribution in [2.75, 3.05) is 65.2 Å². The first kappa shape index (κ1) is 89.5. The van der Waals surface area contributed by atoms with Crippen LogP contribution in [0.3, 0.4) is 0 Å². The third-order valence-electron chi connectivity index (χ3n) is 20.8. The average molecular weight is 1680 g/mol. The van der Waals surface area contributed by atoms with Crippen LogP contribution in [0.2, 0.25) is 0 Å². The standard InChI is InChI=1S/C97H101N15O13/c1-63(2)55-80(93(119)101-57-84(114)100-53-54-111(87(117)59-99-3)97(123)125-62-66-29-15-7-16-30-66)109-94(120)81(56-64-25-11-5-12-26-64)108-85(115)58-102-95(121)82(37-23-24-52-98)112(88(118)60-110(4)96(122)124-61-65-27-13-6-14-28-65)86(116)51-50-83(113)103-71-40-38-70(39-41-71)92-78-48-46-76(106-78)90(68-33-19-9-20-34-68)74-44-42-72(104-74)89(67-31-17-8-18-32-67)73-43-45-75(105-73)91(69-35-21-10-22-36-69)77-47-49-79(92)107-77/h5-22,25-36,38-49,63,80-82,99,104,107H,23-24,37,50-62,98H2,1-4H3,(H,100,114)(H,101,119)(H,102,121)(H,103,113)(H,108,115)(H,109,120)/t80-,81-,82-/m0/s1. The maximum Gasteiger partial charge on any atom is 0.416 e. The molecule has 642 valence electrons. The van der Waals surface area contributed by atoms with Crippen molar-refractivity contribution in [1.82, 2.24) is 66.5 Å². The van der Waals surface area contributed by atoms with Crippen LogP contribution in [-0.2, 0) is 72.3 Å². The van der Waals surface area contributed by atoms with Crippen LogP contribution >= 0.6 is 0 Å². The van der Waals surface area contributed by atoms with Gasteiger partial charge < -0.3 is 67.3 Å². The van der Waals surface area contributed by atoms with Crippen LogP contribution in [0.25, 0.3) is 90.9 Å². The van der Waals surface area contributed by atoms with Gasteiger partial charge in [0.25, 0.3) is 0 Å². The third kappa shape index (κ3) is 24.5. The first-order valence-corrected chi connectivity index (χ1v) is 41.5. The van der Waals surface area contributed by atoms with E-state index in [1.165, 1.54) is 14.1 Å². The summed E-state index contributed by atoms with van der Waals surface area (Å²) in [6, 6.07) is 67.7. The van der Waals surface area contributed by atoms with Gasteiger partial charge in [0, 0.05) is 89.4 Å². The molecule has 0 aliphatic carbocycles. The van der Waals surface area contributed by atoms with Crippen molar-refractivity contribution in [3.63, 3.8) is 0 Å². The summed E-state index contributed by atoms with van der Waals surface area (Å²) in [5.41, 5.74) is 21.3. The molecule has 0 unspecified atom stereocenters. The van der Waals surface area contributed by atoms with Gasteiger partial charge in [-0.15, -0.1) is 0 Å². The normalized spacial score (nSPS) is 12.0. The van der Waals surface area contributed by atoms with E-state index < -0.39 is 116 Å². The molecule has 7 aromatic carbocycles. The SMILES string of the molecule is CNCC(=O)N(CCNC(=O)CNC(=O)[C@H](CC(C)C)NC(=O)[C@H](Cc1ccccc1)NC(=O)CNC(=O)[C@H](CCCCN)N(C(=O)CCC(=O)Nc1ccc(-c2c3nc(c(-c4ccccc4)c4ccc([nH]4)c(-c4ccccc4)c4nc(c(-c5ccccc5)c5ccc2[nH]5)C=C4)C=C3)cc1)C(=O)CN(C)C(=O)OCc1ccccc1)C(=O)OCc1ccccc1. The van der Waals surface area contributed by atoms with Crippen molar-refractivity contribution in [1.29, 1.82) is 0 Å². The van der Waals surface area contributed by atoms with E-state index in [-0.39, 0.29) is 71.0 Å². The first-order chi connectivity index (χ1) is 60.7. The molecule has 28 nitrogen and oxygen atoms in total. The number of amides is 11. The molecule has 0 radical (unpaired) electrons. The highest BCUT2D eigenvalue weighted by Crippen LogP contribution is 2.39. The molecule has 8 bridgehead atoms. The maximum atomic E-state index is 15.0. The van der Waals surface area contributed by atoms with Crippen molar-refractivity contribution < 1.29 is 62.2 Å². The fourth-order valence-electron chi connectivity index (χ4n) is 14.6. The summed E-state index contributed by atoms with van der Waals surface area (Å²) in [6.07, 6.45) is 5.43. The van der Waals surface area contributed by atoms with Crippen LogP contribution in [-0.4, -0.2) is 178 Å². The minimum Gasteiger partial charge on any atom is -0.445 e. The highest BCUT2D eigenvalue weighted by atomic mass is 16.6. The molecular weight excluding hydrogens is 1580 g/mol. The number of hydrogen-bond donors (Lipinski definition) is 10. The lowest BCUT2D eigenvalue weighted by Gasteiger charge is -2.31. The van der Waals surface area contributed by atoms with Crippen molar-refractivity contribution in [3.8, 4) is 44.5 Å². The summed E-state index contributed by atoms with van der Waals surface area (Å²) >= 11 is 0. The van der Waals surface area contributed by atoms with Crippen molar-refractivity contribution >= 4 is 117 Å². The maximum absolute atomic E-state index is 15.0. The molecule has 12 rings (SSSR count). The number of aromatic amines is 2. The van der Waals surface area contributed by atoms with Gasteiger partial charge in [0.15, 0.2) is 0 Å². The predicted octanol–water partition coefficient (Wildman–Crippen LogP) is 12.2. The predicted molar refractivity (Wildman–Crippen MR) is 481 cm³/mol. The number of unbranched alkanes of at least 4 members (excludes halogenated alkanes) is 1. The number of likely N-dealkylation sites (N-methyl/N-ethyl adjacent to an activating group) is 2. The van der Waals surface area contributed by atoms with Gasteiger partial charge in [0.2, 0.25) is 53.2 Å². The fourth-order valence-corrected chi connectivity index (χ4v) is 14.6. The van der Waals surface area contributed by atoms with Gasteiger partial charge >= 0.3 is 12.2 Å². The van der Waals surface area contributed by atoms with E-state index in [1.807, 2.05) is 117 Å². The van der Waals surface area contributed by atoms with Crippen LogP contribution in [0.5, 0.6) is 0 Å². The number of carbonyl (C=O) groups is 11. The van der Waals surface area contributed by atoms with Crippen molar-refractivity contribution in [3.05, 3.63) is 270 Å². The van der Waals surface area contributed by atoms with E-state index in [0.29, 0.717) is 45.1 Å². The first-order valence-electron chi connectivity index (χ1n) is 41.5. The number of aromatic nitrogens is 4. The van der Waals surface area contributed by atoms with Crippen LogP contribution in [0.15, 0.2) is 231 Å². The number of rotatable bonds is 37. The molecule has 11 amide bonds. The monoisotopic (exact) mass is 1680 g/mol. The molecule has 3 atom stereocenters. The van der Waals surface area contributed by atoms with Crippen molar-refractivity contribution in [2.45, 2.75) is 90.1 Å². The Bertz CT molecular complexity index is 5700. The zero-order valence-electron chi connectivity index (χ0n) is 70.0. The number of hydrogen-bond acceptors (Lipinski definition) is 17. The molecule has 0 saturated heterocycles. The van der Waals surface area contributed by atoms with E-state index in [0.717, 1.165) is 87.8 Å². The van der Waals surface area contributed by atoms with Gasteiger partial charge in [-0.3, -0.25) is 48.1 Å². The molecule has 0 saturated carbocycles. The summed E-state index contributed by atoms with van der Waals surface area (Å²) in [4.78, 5) is 175. The number of imide groups is 2. The third-order valence-corrected chi connectivity index (χ3v) is 20.8. The molecule has 125 heavy (non-hydrogen) atoms. The summed E-state index contributed by atoms with van der Waals surface area (Å²) in [6.45, 7) is 0.751. The number of anilines is 1. The Balaban J connectivity index is 0.762. The number of nitrogens with one attached hydrogen (secondary N) is 9. The number of nitrogens with zero attached hydrogens (tertiary/aromatic N) is 5. The molecule has 5 heterocycles. The van der Waals surface area contributed by atoms with Crippen molar-refractivity contribution in [2.24, 2.45) is 11.7 Å². The van der Waals surface area contributed by atoms with Crippen LogP contribution in [0.1, 0.15) is 91.8 Å². The van der Waals surface area contributed by atoms with Gasteiger partial charge in [-0.25, -0.2) is 24.5 Å². The second kappa shape index (κ2) is 44.2. The second-order valence-corrected chi connectivity index (χ2v) is 30.5. The largest absolute Gasteiger partial charge is 0.445 e. The molecule has 0 spiro atoms. The number of carbonyl (C=O) groups excluding carboxylic acids is 11.